The number of anilines is 1. The third-order valence-corrected chi connectivity index (χ3v) is 7.04. The Morgan fingerprint density at radius 2 is 1.70 bits per heavy atom. The highest BCUT2D eigenvalue weighted by Gasteiger charge is 2.30. The summed E-state index contributed by atoms with van der Waals surface area (Å²) < 4.78 is 26.0. The van der Waals surface area contributed by atoms with Crippen molar-refractivity contribution in [3.8, 4) is 0 Å². The Bertz CT molecular complexity index is 1110. The van der Waals surface area contributed by atoms with E-state index in [1.54, 1.807) is 37.3 Å². The molecule has 0 aliphatic carbocycles. The molecule has 0 saturated carbocycles. The van der Waals surface area contributed by atoms with E-state index in [2.05, 4.69) is 5.32 Å². The van der Waals surface area contributed by atoms with Gasteiger partial charge in [-0.1, -0.05) is 59.9 Å². The summed E-state index contributed by atoms with van der Waals surface area (Å²) >= 11 is 18.3. The lowest BCUT2D eigenvalue weighted by atomic mass is 10.1. The molecule has 7 nitrogen and oxygen atoms in total. The molecule has 0 fully saturated rings. The van der Waals surface area contributed by atoms with Gasteiger partial charge in [0.2, 0.25) is 21.8 Å². The van der Waals surface area contributed by atoms with Crippen LogP contribution in [0.2, 0.25) is 15.1 Å². The van der Waals surface area contributed by atoms with Crippen LogP contribution in [0.1, 0.15) is 25.8 Å². The van der Waals surface area contributed by atoms with Crippen molar-refractivity contribution in [3.05, 3.63) is 63.1 Å². The number of benzene rings is 2. The molecule has 0 aliphatic rings. The molecule has 2 amide bonds. The van der Waals surface area contributed by atoms with Crippen LogP contribution in [0.3, 0.4) is 0 Å². The molecule has 1 N–H and O–H groups in total. The second kappa shape index (κ2) is 11.9. The van der Waals surface area contributed by atoms with Gasteiger partial charge in [0.15, 0.2) is 0 Å². The fourth-order valence-corrected chi connectivity index (χ4v) is 4.53. The minimum absolute atomic E-state index is 0.0244. The van der Waals surface area contributed by atoms with E-state index in [0.29, 0.717) is 22.2 Å². The zero-order valence-electron chi connectivity index (χ0n) is 18.5. The molecule has 1 atom stereocenters. The number of nitrogens with one attached hydrogen (secondary N) is 1. The number of hydrogen-bond acceptors (Lipinski definition) is 4. The van der Waals surface area contributed by atoms with Gasteiger partial charge in [-0.2, -0.15) is 0 Å². The van der Waals surface area contributed by atoms with Crippen molar-refractivity contribution in [2.24, 2.45) is 0 Å². The Morgan fingerprint density at radius 1 is 1.03 bits per heavy atom. The maximum atomic E-state index is 13.4. The van der Waals surface area contributed by atoms with Gasteiger partial charge >= 0.3 is 0 Å². The van der Waals surface area contributed by atoms with Gasteiger partial charge in [-0.3, -0.25) is 13.9 Å². The highest BCUT2D eigenvalue weighted by Crippen LogP contribution is 2.28. The third-order valence-electron chi connectivity index (χ3n) is 4.85. The van der Waals surface area contributed by atoms with Crippen LogP contribution in [0.4, 0.5) is 5.69 Å². The van der Waals surface area contributed by atoms with Crippen molar-refractivity contribution in [1.82, 2.24) is 10.2 Å². The number of hydrogen-bond donors (Lipinski definition) is 1. The fourth-order valence-electron chi connectivity index (χ4n) is 3.06. The van der Waals surface area contributed by atoms with Gasteiger partial charge in [-0.05, 0) is 43.2 Å². The number of nitrogens with zero attached hydrogens (tertiary/aromatic N) is 2. The van der Waals surface area contributed by atoms with Crippen molar-refractivity contribution in [2.75, 3.05) is 23.7 Å². The number of carbonyl (C=O) groups excluding carboxylic acids is 2. The predicted molar refractivity (Wildman–Crippen MR) is 133 cm³/mol. The van der Waals surface area contributed by atoms with Gasteiger partial charge < -0.3 is 10.2 Å². The summed E-state index contributed by atoms with van der Waals surface area (Å²) in [5.74, 6) is -0.931. The molecule has 2 aromatic carbocycles. The highest BCUT2D eigenvalue weighted by atomic mass is 35.5. The van der Waals surface area contributed by atoms with E-state index in [1.165, 1.54) is 17.0 Å². The van der Waals surface area contributed by atoms with Gasteiger partial charge in [0.1, 0.15) is 12.6 Å². The van der Waals surface area contributed by atoms with E-state index < -0.39 is 28.5 Å². The van der Waals surface area contributed by atoms with E-state index in [4.69, 9.17) is 34.8 Å². The number of rotatable bonds is 10. The van der Waals surface area contributed by atoms with E-state index in [0.717, 1.165) is 17.0 Å². The molecule has 1 unspecified atom stereocenters. The van der Waals surface area contributed by atoms with E-state index in [9.17, 15) is 18.0 Å². The number of carbonyl (C=O) groups is 2. The van der Waals surface area contributed by atoms with Crippen LogP contribution in [0, 0.1) is 0 Å². The second-order valence-corrected chi connectivity index (χ2v) is 10.6. The Morgan fingerprint density at radius 3 is 2.27 bits per heavy atom. The van der Waals surface area contributed by atoms with Crippen molar-refractivity contribution >= 4 is 62.3 Å². The average molecular weight is 535 g/mol. The Labute approximate surface area is 209 Å². The molecule has 180 valence electrons. The van der Waals surface area contributed by atoms with Crippen LogP contribution in [0.5, 0.6) is 0 Å². The van der Waals surface area contributed by atoms with Crippen LogP contribution >= 0.6 is 34.8 Å². The first kappa shape index (κ1) is 27.2. The van der Waals surface area contributed by atoms with Gasteiger partial charge in [0.25, 0.3) is 0 Å². The quantitative estimate of drug-likeness (QED) is 0.491. The lowest BCUT2D eigenvalue weighted by molar-refractivity contribution is -0.139. The molecule has 33 heavy (non-hydrogen) atoms. The normalized spacial score (nSPS) is 12.2. The number of sulfonamides is 1. The third kappa shape index (κ3) is 7.50. The van der Waals surface area contributed by atoms with Gasteiger partial charge in [0, 0.05) is 13.1 Å². The summed E-state index contributed by atoms with van der Waals surface area (Å²) in [5.41, 5.74) is 0.809. The zero-order chi connectivity index (χ0) is 24.8. The molecule has 0 heterocycles. The number of para-hydroxylation sites is 1. The lowest BCUT2D eigenvalue weighted by Crippen LogP contribution is -2.51. The Hall–Kier alpha value is -2.00. The van der Waals surface area contributed by atoms with Crippen molar-refractivity contribution < 1.29 is 18.0 Å². The Balaban J connectivity index is 2.40. The van der Waals surface area contributed by atoms with E-state index in [-0.39, 0.29) is 23.2 Å². The zero-order valence-corrected chi connectivity index (χ0v) is 21.6. The van der Waals surface area contributed by atoms with Crippen LogP contribution in [0.25, 0.3) is 0 Å². The molecule has 2 aromatic rings. The maximum Gasteiger partial charge on any atom is 0.244 e. The molecule has 2 rings (SSSR count). The predicted octanol–water partition coefficient (Wildman–Crippen LogP) is 4.36. The fraction of sp³-hybridized carbons (Fsp3) is 0.364. The summed E-state index contributed by atoms with van der Waals surface area (Å²) in [6.07, 6.45) is 1.72. The molecule has 0 radical (unpaired) electrons. The van der Waals surface area contributed by atoms with Gasteiger partial charge in [-0.15, -0.1) is 0 Å². The monoisotopic (exact) mass is 533 g/mol. The van der Waals surface area contributed by atoms with E-state index >= 15 is 0 Å². The molecule has 11 heteroatoms. The van der Waals surface area contributed by atoms with Crippen molar-refractivity contribution in [3.63, 3.8) is 0 Å². The lowest BCUT2D eigenvalue weighted by Gasteiger charge is -2.31. The minimum Gasteiger partial charge on any atom is -0.354 e. The van der Waals surface area contributed by atoms with E-state index in [1.807, 2.05) is 6.92 Å². The number of amides is 2. The Kier molecular flexibility index (Phi) is 9.84. The van der Waals surface area contributed by atoms with Crippen LogP contribution in [-0.2, 0) is 26.2 Å². The standard InChI is InChI=1S/C22H26Cl3N3O4S/c1-4-11-26-22(30)15(2)27(13-16-9-10-17(23)19(25)12-16)21(29)14-28(33(3,31)32)20-8-6-5-7-18(20)24/h5-10,12,15H,4,11,13-14H2,1-3H3,(H,26,30). The second-order valence-electron chi connectivity index (χ2n) is 7.46. The van der Waals surface area contributed by atoms with Crippen molar-refractivity contribution in [2.45, 2.75) is 32.9 Å². The number of halogens is 3. The first-order chi connectivity index (χ1) is 15.5. The summed E-state index contributed by atoms with van der Waals surface area (Å²) in [5, 5.41) is 3.61. The molecular weight excluding hydrogens is 509 g/mol. The molecule has 0 spiro atoms. The van der Waals surface area contributed by atoms with Crippen LogP contribution < -0.4 is 9.62 Å². The summed E-state index contributed by atoms with van der Waals surface area (Å²) in [6, 6.07) is 10.3. The average Bonchev–Trinajstić information content (AvgIpc) is 2.75. The van der Waals surface area contributed by atoms with Crippen LogP contribution in [-0.4, -0.2) is 50.5 Å². The summed E-state index contributed by atoms with van der Waals surface area (Å²) in [7, 11) is -3.85. The van der Waals surface area contributed by atoms with Crippen LogP contribution in [0.15, 0.2) is 42.5 Å². The topological polar surface area (TPSA) is 86.8 Å². The summed E-state index contributed by atoms with van der Waals surface area (Å²) in [4.78, 5) is 27.4. The molecule has 0 bridgehead atoms. The summed E-state index contributed by atoms with van der Waals surface area (Å²) in [6.45, 7) is 3.44. The van der Waals surface area contributed by atoms with Gasteiger partial charge in [-0.25, -0.2) is 8.42 Å². The van der Waals surface area contributed by atoms with Gasteiger partial charge in [0.05, 0.1) is 27.0 Å². The highest BCUT2D eigenvalue weighted by molar-refractivity contribution is 7.92. The first-order valence-corrected chi connectivity index (χ1v) is 13.2. The minimum atomic E-state index is -3.85. The van der Waals surface area contributed by atoms with Crippen molar-refractivity contribution in [1.29, 1.82) is 0 Å². The first-order valence-electron chi connectivity index (χ1n) is 10.2. The molecule has 0 aromatic heterocycles. The maximum absolute atomic E-state index is 13.4. The molecule has 0 saturated heterocycles. The largest absolute Gasteiger partial charge is 0.354 e. The molecular formula is C22H26Cl3N3O4S. The SMILES string of the molecule is CCCNC(=O)C(C)N(Cc1ccc(Cl)c(Cl)c1)C(=O)CN(c1ccccc1Cl)S(C)(=O)=O. The molecule has 0 aliphatic heterocycles. The smallest absolute Gasteiger partial charge is 0.244 e.